The molecule has 0 radical (unpaired) electrons. The van der Waals surface area contributed by atoms with Gasteiger partial charge < -0.3 is 34.2 Å². The number of likely N-dealkylation sites (tertiary alicyclic amines) is 1. The van der Waals surface area contributed by atoms with Gasteiger partial charge in [0.25, 0.3) is 17.7 Å². The number of amides is 3. The minimum atomic E-state index is -0.686. The number of hydrogen-bond donors (Lipinski definition) is 2. The molecule has 5 aromatic rings. The monoisotopic (exact) mass is 679 g/mol. The van der Waals surface area contributed by atoms with Crippen LogP contribution in [-0.4, -0.2) is 71.4 Å². The van der Waals surface area contributed by atoms with Gasteiger partial charge in [0.05, 0.1) is 19.7 Å². The van der Waals surface area contributed by atoms with Crippen LogP contribution < -0.4 is 24.8 Å². The van der Waals surface area contributed by atoms with Gasteiger partial charge in [0.15, 0.2) is 12.4 Å². The van der Waals surface area contributed by atoms with Crippen molar-refractivity contribution in [1.29, 1.82) is 0 Å². The van der Waals surface area contributed by atoms with E-state index in [9.17, 15) is 18.8 Å². The molecule has 2 N–H and O–H groups in total. The molecule has 3 amide bonds. The standard InChI is InChI=1S/C37H34FN5O7/c1-47-32-8-6-25-17-30(32)24-4-2-5-27(16-24)48-22-35(44)39-19-23-14-26(38)18-29(15-23)50-33-10-13-42(21-31(33)41-36(25)45)37(46)34-9-7-28(49-34)20-43-12-3-11-40-43/h2-9,11-12,14-18,31,33H,10,13,19-22H2,1H3,(H,39,44)(H,41,45)/t31-,33-/m1/s1. The van der Waals surface area contributed by atoms with E-state index in [1.165, 1.54) is 19.2 Å². The molecule has 2 aliphatic rings. The molecule has 13 heteroatoms. The molecule has 0 aliphatic carbocycles. The van der Waals surface area contributed by atoms with Gasteiger partial charge in [-0.1, -0.05) is 12.1 Å². The third kappa shape index (κ3) is 7.31. The third-order valence-electron chi connectivity index (χ3n) is 8.59. The van der Waals surface area contributed by atoms with E-state index in [0.29, 0.717) is 59.0 Å². The molecule has 7 rings (SSSR count). The summed E-state index contributed by atoms with van der Waals surface area (Å²) in [5.74, 6) is 0.254. The molecule has 2 aliphatic heterocycles. The van der Waals surface area contributed by atoms with E-state index < -0.39 is 29.8 Å². The Bertz CT molecular complexity index is 2030. The molecule has 1 fully saturated rings. The molecule has 2 atom stereocenters. The number of nitrogens with zero attached hydrogens (tertiary/aromatic N) is 3. The Labute approximate surface area is 286 Å². The largest absolute Gasteiger partial charge is 0.496 e. The van der Waals surface area contributed by atoms with Crippen molar-refractivity contribution in [3.05, 3.63) is 120 Å². The molecular weight excluding hydrogens is 645 g/mol. The number of halogens is 1. The normalized spacial score (nSPS) is 17.8. The number of nitrogens with one attached hydrogen (secondary N) is 2. The minimum Gasteiger partial charge on any atom is -0.496 e. The zero-order valence-corrected chi connectivity index (χ0v) is 27.1. The maximum atomic E-state index is 14.8. The fourth-order valence-corrected chi connectivity index (χ4v) is 6.13. The van der Waals surface area contributed by atoms with Crippen molar-refractivity contribution in [2.24, 2.45) is 0 Å². The van der Waals surface area contributed by atoms with Crippen LogP contribution in [0, 0.1) is 5.82 Å². The Balaban J connectivity index is 1.20. The van der Waals surface area contributed by atoms with E-state index in [0.717, 1.165) is 0 Å². The number of hydrogen-bond acceptors (Lipinski definition) is 8. The van der Waals surface area contributed by atoms with E-state index in [-0.39, 0.29) is 37.1 Å². The highest BCUT2D eigenvalue weighted by Gasteiger charge is 2.36. The summed E-state index contributed by atoms with van der Waals surface area (Å²) < 4.78 is 40.0. The molecule has 256 valence electrons. The Morgan fingerprint density at radius 2 is 1.92 bits per heavy atom. The first kappa shape index (κ1) is 32.4. The van der Waals surface area contributed by atoms with Gasteiger partial charge in [-0.15, -0.1) is 0 Å². The van der Waals surface area contributed by atoms with Crippen LogP contribution >= 0.6 is 0 Å². The highest BCUT2D eigenvalue weighted by atomic mass is 19.1. The van der Waals surface area contributed by atoms with Crippen LogP contribution in [-0.2, 0) is 17.9 Å². The molecule has 3 aromatic carbocycles. The van der Waals surface area contributed by atoms with Crippen molar-refractivity contribution in [2.75, 3.05) is 26.8 Å². The summed E-state index contributed by atoms with van der Waals surface area (Å²) in [4.78, 5) is 41.8. The van der Waals surface area contributed by atoms with Crippen LogP contribution in [0.2, 0.25) is 0 Å². The molecule has 12 nitrogen and oxygen atoms in total. The first-order valence-electron chi connectivity index (χ1n) is 16.1. The van der Waals surface area contributed by atoms with Crippen molar-refractivity contribution in [3.63, 3.8) is 0 Å². The predicted molar refractivity (Wildman–Crippen MR) is 178 cm³/mol. The van der Waals surface area contributed by atoms with Crippen molar-refractivity contribution in [1.82, 2.24) is 25.3 Å². The zero-order valence-electron chi connectivity index (χ0n) is 27.1. The van der Waals surface area contributed by atoms with Gasteiger partial charge in [-0.3, -0.25) is 19.1 Å². The average Bonchev–Trinajstić information content (AvgIpc) is 3.82. The summed E-state index contributed by atoms with van der Waals surface area (Å²) in [6.45, 7) is 0.551. The molecule has 0 spiro atoms. The second kappa shape index (κ2) is 14.2. The van der Waals surface area contributed by atoms with E-state index in [1.54, 1.807) is 82.6 Å². The Hall–Kier alpha value is -6.11. The van der Waals surface area contributed by atoms with Gasteiger partial charge in [-0.25, -0.2) is 4.39 Å². The maximum Gasteiger partial charge on any atom is 0.289 e. The highest BCUT2D eigenvalue weighted by molar-refractivity contribution is 5.96. The summed E-state index contributed by atoms with van der Waals surface area (Å²) in [7, 11) is 1.54. The average molecular weight is 680 g/mol. The predicted octanol–water partition coefficient (Wildman–Crippen LogP) is 4.44. The van der Waals surface area contributed by atoms with E-state index in [2.05, 4.69) is 15.7 Å². The molecule has 0 saturated carbocycles. The van der Waals surface area contributed by atoms with Gasteiger partial charge >= 0.3 is 0 Å². The third-order valence-corrected chi connectivity index (χ3v) is 8.59. The second-order valence-electron chi connectivity index (χ2n) is 12.0. The fraction of sp³-hybridized carbons (Fsp3) is 0.243. The van der Waals surface area contributed by atoms with Crippen LogP contribution in [0.3, 0.4) is 0 Å². The van der Waals surface area contributed by atoms with Gasteiger partial charge in [0.2, 0.25) is 0 Å². The Kier molecular flexibility index (Phi) is 9.19. The highest BCUT2D eigenvalue weighted by Crippen LogP contribution is 2.33. The zero-order chi connectivity index (χ0) is 34.6. The number of fused-ring (bicyclic) bond motifs is 8. The number of aromatic nitrogens is 2. The number of ether oxygens (including phenoxy) is 3. The molecule has 50 heavy (non-hydrogen) atoms. The quantitative estimate of drug-likeness (QED) is 0.285. The van der Waals surface area contributed by atoms with Crippen LogP contribution in [0.4, 0.5) is 4.39 Å². The van der Waals surface area contributed by atoms with Crippen LogP contribution in [0.1, 0.15) is 38.7 Å². The van der Waals surface area contributed by atoms with Crippen molar-refractivity contribution in [3.8, 4) is 28.4 Å². The van der Waals surface area contributed by atoms with E-state index in [1.807, 2.05) is 6.07 Å². The van der Waals surface area contributed by atoms with Gasteiger partial charge in [0.1, 0.15) is 34.9 Å². The number of furan rings is 1. The molecule has 0 unspecified atom stereocenters. The van der Waals surface area contributed by atoms with E-state index in [4.69, 9.17) is 18.6 Å². The van der Waals surface area contributed by atoms with Crippen LogP contribution in [0.15, 0.2) is 95.7 Å². The number of carbonyl (C=O) groups is 3. The SMILES string of the molecule is COc1ccc2cc1-c1cccc(c1)OCC(=O)NCc1cc(F)cc(c1)O[C@@H]1CCN(C(=O)c3ccc(Cn4cccn4)o3)C[C@H]1NC2=O. The fourth-order valence-electron chi connectivity index (χ4n) is 6.13. The second-order valence-corrected chi connectivity index (χ2v) is 12.0. The summed E-state index contributed by atoms with van der Waals surface area (Å²) in [6, 6.07) is 20.8. The maximum absolute atomic E-state index is 14.8. The van der Waals surface area contributed by atoms with Crippen LogP contribution in [0.25, 0.3) is 11.1 Å². The Morgan fingerprint density at radius 3 is 2.76 bits per heavy atom. The van der Waals surface area contributed by atoms with Gasteiger partial charge in [0, 0.05) is 55.6 Å². The number of rotatable bonds is 4. The first-order chi connectivity index (χ1) is 24.3. The van der Waals surface area contributed by atoms with Crippen LogP contribution in [0.5, 0.6) is 17.2 Å². The lowest BCUT2D eigenvalue weighted by molar-refractivity contribution is -0.123. The first-order valence-corrected chi connectivity index (χ1v) is 16.1. The van der Waals surface area contributed by atoms with Crippen molar-refractivity contribution >= 4 is 17.7 Å². The molecule has 2 aromatic heterocycles. The lowest BCUT2D eigenvalue weighted by atomic mass is 9.99. The topological polar surface area (TPSA) is 137 Å². The Morgan fingerprint density at radius 1 is 1.02 bits per heavy atom. The van der Waals surface area contributed by atoms with Gasteiger partial charge in [-0.05, 0) is 71.8 Å². The summed E-state index contributed by atoms with van der Waals surface area (Å²) >= 11 is 0. The molecule has 1 saturated heterocycles. The van der Waals surface area contributed by atoms with E-state index >= 15 is 0 Å². The smallest absolute Gasteiger partial charge is 0.289 e. The minimum absolute atomic E-state index is 0.0397. The van der Waals surface area contributed by atoms with Crippen molar-refractivity contribution < 1.29 is 37.4 Å². The molecular formula is C37H34FN5O7. The number of piperidine rings is 1. The summed E-state index contributed by atoms with van der Waals surface area (Å²) in [5.41, 5.74) is 2.17. The number of methoxy groups -OCH3 is 1. The lowest BCUT2D eigenvalue weighted by Gasteiger charge is -2.38. The molecule has 4 heterocycles. The number of benzene rings is 3. The summed E-state index contributed by atoms with van der Waals surface area (Å²) in [5, 5.41) is 10.0. The summed E-state index contributed by atoms with van der Waals surface area (Å²) in [6.07, 6.45) is 3.17. The lowest BCUT2D eigenvalue weighted by Crippen LogP contribution is -2.58. The van der Waals surface area contributed by atoms with Gasteiger partial charge in [-0.2, -0.15) is 5.10 Å². The van der Waals surface area contributed by atoms with Crippen molar-refractivity contribution in [2.45, 2.75) is 31.7 Å². The number of carbonyl (C=O) groups excluding carboxylic acids is 3. The molecule has 6 bridgehead atoms.